The summed E-state index contributed by atoms with van der Waals surface area (Å²) in [6.07, 6.45) is 3.73. The molecule has 2 aromatic heterocycles. The van der Waals surface area contributed by atoms with Gasteiger partial charge in [0.25, 0.3) is 0 Å². The van der Waals surface area contributed by atoms with Crippen LogP contribution in [-0.4, -0.2) is 9.38 Å². The highest BCUT2D eigenvalue weighted by atomic mass is 79.9. The van der Waals surface area contributed by atoms with Crippen molar-refractivity contribution in [2.24, 2.45) is 5.73 Å². The van der Waals surface area contributed by atoms with Gasteiger partial charge < -0.3 is 10.1 Å². The third-order valence-electron chi connectivity index (χ3n) is 1.77. The van der Waals surface area contributed by atoms with E-state index in [9.17, 15) is 0 Å². The molecule has 0 amide bonds. The molecule has 2 N–H and O–H groups in total. The van der Waals surface area contributed by atoms with Gasteiger partial charge in [-0.15, -0.1) is 0 Å². The highest BCUT2D eigenvalue weighted by Crippen LogP contribution is 2.14. The second-order valence-corrected chi connectivity index (χ2v) is 3.45. The zero-order valence-corrected chi connectivity index (χ0v) is 7.95. The van der Waals surface area contributed by atoms with Crippen molar-refractivity contribution in [3.8, 4) is 0 Å². The van der Waals surface area contributed by atoms with E-state index in [1.54, 1.807) is 6.33 Å². The summed E-state index contributed by atoms with van der Waals surface area (Å²) in [6, 6.07) is 3.98. The van der Waals surface area contributed by atoms with Crippen molar-refractivity contribution in [1.29, 1.82) is 0 Å². The molecule has 2 aromatic rings. The molecular formula is C8H8BrN3. The summed E-state index contributed by atoms with van der Waals surface area (Å²) in [6.45, 7) is 0.484. The highest BCUT2D eigenvalue weighted by molar-refractivity contribution is 9.10. The molecule has 0 bridgehead atoms. The topological polar surface area (TPSA) is 43.3 Å². The van der Waals surface area contributed by atoms with Crippen LogP contribution in [0, 0.1) is 0 Å². The number of fused-ring (bicyclic) bond motifs is 1. The Balaban J connectivity index is 2.73. The molecule has 12 heavy (non-hydrogen) atoms. The van der Waals surface area contributed by atoms with Crippen LogP contribution in [0.15, 0.2) is 29.1 Å². The Morgan fingerprint density at radius 3 is 3.08 bits per heavy atom. The smallest absolute Gasteiger partial charge is 0.0996 e. The lowest BCUT2D eigenvalue weighted by molar-refractivity contribution is 1.02. The number of aromatic nitrogens is 2. The standard InChI is InChI=1S/C8H8BrN3/c9-6-1-2-8-7(3-10)11-5-12(8)4-6/h1-2,4-5H,3,10H2. The van der Waals surface area contributed by atoms with Crippen LogP contribution in [0.25, 0.3) is 5.52 Å². The average Bonchev–Trinajstić information content (AvgIpc) is 2.46. The van der Waals surface area contributed by atoms with Gasteiger partial charge in [-0.05, 0) is 28.1 Å². The maximum atomic E-state index is 5.51. The Morgan fingerprint density at radius 1 is 1.50 bits per heavy atom. The van der Waals surface area contributed by atoms with Crippen molar-refractivity contribution in [3.05, 3.63) is 34.8 Å². The van der Waals surface area contributed by atoms with Crippen LogP contribution in [0.3, 0.4) is 0 Å². The van der Waals surface area contributed by atoms with Gasteiger partial charge in [0.1, 0.15) is 0 Å². The molecule has 0 radical (unpaired) electrons. The van der Waals surface area contributed by atoms with Crippen LogP contribution in [0.4, 0.5) is 0 Å². The fourth-order valence-electron chi connectivity index (χ4n) is 1.19. The highest BCUT2D eigenvalue weighted by Gasteiger charge is 2.00. The maximum Gasteiger partial charge on any atom is 0.0996 e. The monoisotopic (exact) mass is 225 g/mol. The molecule has 0 atom stereocenters. The Bertz CT molecular complexity index is 408. The summed E-state index contributed by atoms with van der Waals surface area (Å²) in [7, 11) is 0. The van der Waals surface area contributed by atoms with Crippen molar-refractivity contribution < 1.29 is 0 Å². The van der Waals surface area contributed by atoms with E-state index in [0.717, 1.165) is 15.7 Å². The predicted molar refractivity (Wildman–Crippen MR) is 50.8 cm³/mol. The lowest BCUT2D eigenvalue weighted by atomic mass is 10.3. The number of nitrogens with two attached hydrogens (primary N) is 1. The van der Waals surface area contributed by atoms with E-state index in [0.29, 0.717) is 6.54 Å². The van der Waals surface area contributed by atoms with Crippen LogP contribution in [0.2, 0.25) is 0 Å². The number of hydrogen-bond donors (Lipinski definition) is 1. The quantitative estimate of drug-likeness (QED) is 0.801. The molecule has 0 saturated heterocycles. The minimum atomic E-state index is 0.484. The second kappa shape index (κ2) is 2.88. The van der Waals surface area contributed by atoms with Gasteiger partial charge in [0.05, 0.1) is 17.5 Å². The largest absolute Gasteiger partial charge is 0.325 e. The fourth-order valence-corrected chi connectivity index (χ4v) is 1.54. The molecule has 0 aliphatic heterocycles. The van der Waals surface area contributed by atoms with E-state index in [1.807, 2.05) is 22.7 Å². The lowest BCUT2D eigenvalue weighted by Crippen LogP contribution is -1.96. The lowest BCUT2D eigenvalue weighted by Gasteiger charge is -1.95. The summed E-state index contributed by atoms with van der Waals surface area (Å²) < 4.78 is 2.99. The minimum Gasteiger partial charge on any atom is -0.325 e. The minimum absolute atomic E-state index is 0.484. The van der Waals surface area contributed by atoms with Crippen molar-refractivity contribution in [3.63, 3.8) is 0 Å². The van der Waals surface area contributed by atoms with Gasteiger partial charge in [-0.3, -0.25) is 0 Å². The first kappa shape index (κ1) is 7.76. The van der Waals surface area contributed by atoms with Gasteiger partial charge in [0, 0.05) is 17.2 Å². The van der Waals surface area contributed by atoms with Crippen molar-refractivity contribution in [1.82, 2.24) is 9.38 Å². The number of imidazole rings is 1. The SMILES string of the molecule is NCc1ncn2cc(Br)ccc12. The summed E-state index contributed by atoms with van der Waals surface area (Å²) >= 11 is 3.38. The predicted octanol–water partition coefficient (Wildman–Crippen LogP) is 1.56. The maximum absolute atomic E-state index is 5.51. The first-order chi connectivity index (χ1) is 5.81. The fraction of sp³-hybridized carbons (Fsp3) is 0.125. The number of halogens is 1. The van der Waals surface area contributed by atoms with Gasteiger partial charge in [-0.25, -0.2) is 4.98 Å². The molecule has 0 spiro atoms. The van der Waals surface area contributed by atoms with Gasteiger partial charge in [0.2, 0.25) is 0 Å². The van der Waals surface area contributed by atoms with Crippen LogP contribution in [0.1, 0.15) is 5.69 Å². The van der Waals surface area contributed by atoms with E-state index >= 15 is 0 Å². The summed E-state index contributed by atoms with van der Waals surface area (Å²) in [4.78, 5) is 4.17. The van der Waals surface area contributed by atoms with E-state index < -0.39 is 0 Å². The summed E-state index contributed by atoms with van der Waals surface area (Å²) in [5.74, 6) is 0. The molecule has 3 nitrogen and oxygen atoms in total. The molecule has 62 valence electrons. The number of hydrogen-bond acceptors (Lipinski definition) is 2. The molecule has 0 aromatic carbocycles. The first-order valence-electron chi connectivity index (χ1n) is 3.62. The summed E-state index contributed by atoms with van der Waals surface area (Å²) in [5, 5.41) is 0. The van der Waals surface area contributed by atoms with Gasteiger partial charge in [-0.1, -0.05) is 0 Å². The number of pyridine rings is 1. The molecule has 0 aliphatic rings. The van der Waals surface area contributed by atoms with E-state index in [4.69, 9.17) is 5.73 Å². The van der Waals surface area contributed by atoms with E-state index in [1.165, 1.54) is 0 Å². The Labute approximate surface area is 78.3 Å². The molecule has 0 fully saturated rings. The third kappa shape index (κ3) is 1.13. The Kier molecular flexibility index (Phi) is 1.86. The molecule has 0 unspecified atom stereocenters. The van der Waals surface area contributed by atoms with Gasteiger partial charge >= 0.3 is 0 Å². The van der Waals surface area contributed by atoms with Crippen LogP contribution in [-0.2, 0) is 6.54 Å². The molecule has 0 aliphatic carbocycles. The van der Waals surface area contributed by atoms with E-state index in [2.05, 4.69) is 20.9 Å². The number of rotatable bonds is 1. The third-order valence-corrected chi connectivity index (χ3v) is 2.24. The Hall–Kier alpha value is -0.870. The molecular weight excluding hydrogens is 218 g/mol. The van der Waals surface area contributed by atoms with Crippen molar-refractivity contribution >= 4 is 21.4 Å². The van der Waals surface area contributed by atoms with Crippen LogP contribution in [0.5, 0.6) is 0 Å². The first-order valence-corrected chi connectivity index (χ1v) is 4.41. The normalized spacial score (nSPS) is 10.8. The van der Waals surface area contributed by atoms with Gasteiger partial charge in [0.15, 0.2) is 0 Å². The Morgan fingerprint density at radius 2 is 2.33 bits per heavy atom. The molecule has 2 rings (SSSR count). The zero-order chi connectivity index (χ0) is 8.55. The van der Waals surface area contributed by atoms with Crippen LogP contribution < -0.4 is 5.73 Å². The molecule has 4 heteroatoms. The zero-order valence-electron chi connectivity index (χ0n) is 6.37. The van der Waals surface area contributed by atoms with E-state index in [-0.39, 0.29) is 0 Å². The van der Waals surface area contributed by atoms with Gasteiger partial charge in [-0.2, -0.15) is 0 Å². The van der Waals surface area contributed by atoms with Crippen LogP contribution >= 0.6 is 15.9 Å². The number of nitrogens with zero attached hydrogens (tertiary/aromatic N) is 2. The van der Waals surface area contributed by atoms with Crippen molar-refractivity contribution in [2.75, 3.05) is 0 Å². The molecule has 0 saturated carbocycles. The van der Waals surface area contributed by atoms with Crippen molar-refractivity contribution in [2.45, 2.75) is 6.54 Å². The molecule has 2 heterocycles. The summed E-state index contributed by atoms with van der Waals surface area (Å²) in [5.41, 5.74) is 7.51. The second-order valence-electron chi connectivity index (χ2n) is 2.54. The average molecular weight is 226 g/mol.